The molecule has 1 aromatic heterocycles. The van der Waals surface area contributed by atoms with Gasteiger partial charge < -0.3 is 15.2 Å². The molecule has 0 saturated heterocycles. The largest absolute Gasteiger partial charge is 0.388 e. The van der Waals surface area contributed by atoms with Gasteiger partial charge in [0.2, 0.25) is 0 Å². The van der Waals surface area contributed by atoms with Crippen molar-refractivity contribution < 1.29 is 0 Å². The number of nitrogens with zero attached hydrogens (tertiary/aromatic N) is 1. The summed E-state index contributed by atoms with van der Waals surface area (Å²) in [6.07, 6.45) is 1.95. The lowest BCUT2D eigenvalue weighted by atomic mass is 10.2. The topological polar surface area (TPSA) is 31.1 Å². The summed E-state index contributed by atoms with van der Waals surface area (Å²) in [4.78, 5) is 5.42. The second kappa shape index (κ2) is 4.75. The predicted molar refractivity (Wildman–Crippen MR) is 68.9 cm³/mol. The second-order valence-corrected chi connectivity index (χ2v) is 3.85. The van der Waals surface area contributed by atoms with E-state index in [-0.39, 0.29) is 0 Å². The quantitative estimate of drug-likeness (QED) is 0.821. The monoisotopic (exact) mass is 215 g/mol. The van der Waals surface area contributed by atoms with Crippen LogP contribution in [-0.4, -0.2) is 19.1 Å². The molecule has 0 saturated carbocycles. The maximum absolute atomic E-state index is 3.21. The van der Waals surface area contributed by atoms with Crippen molar-refractivity contribution in [2.24, 2.45) is 0 Å². The lowest BCUT2D eigenvalue weighted by Crippen LogP contribution is -2.16. The van der Waals surface area contributed by atoms with E-state index in [1.807, 2.05) is 19.3 Å². The van der Waals surface area contributed by atoms with Gasteiger partial charge in [0.15, 0.2) is 0 Å². The number of aromatic amines is 1. The molecule has 0 aliphatic rings. The van der Waals surface area contributed by atoms with Crippen molar-refractivity contribution in [1.82, 2.24) is 4.98 Å². The highest BCUT2D eigenvalue weighted by atomic mass is 15.1. The van der Waals surface area contributed by atoms with Crippen LogP contribution in [0.1, 0.15) is 5.69 Å². The minimum absolute atomic E-state index is 0.889. The lowest BCUT2D eigenvalue weighted by Gasteiger charge is -2.19. The Balaban J connectivity index is 2.11. The normalized spacial score (nSPS) is 10.1. The van der Waals surface area contributed by atoms with Crippen LogP contribution >= 0.6 is 0 Å². The van der Waals surface area contributed by atoms with E-state index in [0.717, 1.165) is 12.2 Å². The van der Waals surface area contributed by atoms with E-state index in [1.54, 1.807) is 0 Å². The van der Waals surface area contributed by atoms with Crippen LogP contribution in [0.25, 0.3) is 0 Å². The molecule has 0 radical (unpaired) electrons. The Hall–Kier alpha value is -1.90. The third-order valence-corrected chi connectivity index (χ3v) is 2.65. The fraction of sp³-hybridized carbons (Fsp3) is 0.231. The Morgan fingerprint density at radius 1 is 1.25 bits per heavy atom. The average molecular weight is 215 g/mol. The molecule has 2 N–H and O–H groups in total. The molecule has 1 heterocycles. The molecule has 0 fully saturated rings. The van der Waals surface area contributed by atoms with Gasteiger partial charge in [0.1, 0.15) is 0 Å². The van der Waals surface area contributed by atoms with Gasteiger partial charge in [-0.1, -0.05) is 6.07 Å². The average Bonchev–Trinajstić information content (AvgIpc) is 2.82. The molecule has 2 aromatic rings. The first-order chi connectivity index (χ1) is 7.79. The summed E-state index contributed by atoms with van der Waals surface area (Å²) < 4.78 is 0. The molecular weight excluding hydrogens is 198 g/mol. The summed E-state index contributed by atoms with van der Waals surface area (Å²) >= 11 is 0. The summed E-state index contributed by atoms with van der Waals surface area (Å²) in [5, 5.41) is 3.15. The van der Waals surface area contributed by atoms with Gasteiger partial charge in [-0.3, -0.25) is 0 Å². The summed E-state index contributed by atoms with van der Waals surface area (Å²) in [5.74, 6) is 0. The first kappa shape index (κ1) is 10.6. The smallest absolute Gasteiger partial charge is 0.0576 e. The first-order valence-corrected chi connectivity index (χ1v) is 5.41. The van der Waals surface area contributed by atoms with Crippen LogP contribution in [0.4, 0.5) is 11.4 Å². The number of aromatic nitrogens is 1. The van der Waals surface area contributed by atoms with Crippen molar-refractivity contribution in [2.75, 3.05) is 24.3 Å². The SMILES string of the molecule is CNc1cccc(N(C)Cc2ccc[nH]2)c1. The molecule has 1 aromatic carbocycles. The lowest BCUT2D eigenvalue weighted by molar-refractivity contribution is 0.895. The molecule has 16 heavy (non-hydrogen) atoms. The number of hydrogen-bond acceptors (Lipinski definition) is 2. The molecular formula is C13H17N3. The summed E-state index contributed by atoms with van der Waals surface area (Å²) in [6.45, 7) is 0.889. The Kier molecular flexibility index (Phi) is 3.15. The fourth-order valence-electron chi connectivity index (χ4n) is 1.71. The standard InChI is InChI=1S/C13H17N3/c1-14-11-5-3-7-13(9-11)16(2)10-12-6-4-8-15-12/h3-9,14-15H,10H2,1-2H3. The number of rotatable bonds is 4. The van der Waals surface area contributed by atoms with Crippen molar-refractivity contribution in [1.29, 1.82) is 0 Å². The minimum atomic E-state index is 0.889. The van der Waals surface area contributed by atoms with E-state index >= 15 is 0 Å². The van der Waals surface area contributed by atoms with Gasteiger partial charge in [0.05, 0.1) is 6.54 Å². The highest BCUT2D eigenvalue weighted by Gasteiger charge is 2.02. The third-order valence-electron chi connectivity index (χ3n) is 2.65. The number of anilines is 2. The highest BCUT2D eigenvalue weighted by molar-refractivity contribution is 5.57. The van der Waals surface area contributed by atoms with E-state index < -0.39 is 0 Å². The second-order valence-electron chi connectivity index (χ2n) is 3.85. The van der Waals surface area contributed by atoms with E-state index in [1.165, 1.54) is 11.4 Å². The zero-order chi connectivity index (χ0) is 11.4. The minimum Gasteiger partial charge on any atom is -0.388 e. The van der Waals surface area contributed by atoms with Gasteiger partial charge in [-0.05, 0) is 30.3 Å². The van der Waals surface area contributed by atoms with Crippen LogP contribution < -0.4 is 10.2 Å². The zero-order valence-electron chi connectivity index (χ0n) is 9.70. The molecule has 0 amide bonds. The van der Waals surface area contributed by atoms with Gasteiger partial charge in [0.25, 0.3) is 0 Å². The molecule has 84 valence electrons. The van der Waals surface area contributed by atoms with Crippen LogP contribution in [-0.2, 0) is 6.54 Å². The fourth-order valence-corrected chi connectivity index (χ4v) is 1.71. The molecule has 2 rings (SSSR count). The predicted octanol–water partition coefficient (Wildman–Crippen LogP) is 2.69. The number of benzene rings is 1. The number of nitrogens with one attached hydrogen (secondary N) is 2. The number of H-pyrrole nitrogens is 1. The van der Waals surface area contributed by atoms with Crippen LogP contribution in [0.5, 0.6) is 0 Å². The van der Waals surface area contributed by atoms with Crippen molar-refractivity contribution >= 4 is 11.4 Å². The van der Waals surface area contributed by atoms with Gasteiger partial charge in [0, 0.05) is 37.4 Å². The van der Waals surface area contributed by atoms with E-state index in [4.69, 9.17) is 0 Å². The Bertz CT molecular complexity index is 434. The van der Waals surface area contributed by atoms with Crippen LogP contribution in [0.2, 0.25) is 0 Å². The van der Waals surface area contributed by atoms with Crippen molar-refractivity contribution in [3.05, 3.63) is 48.3 Å². The molecule has 0 aliphatic carbocycles. The van der Waals surface area contributed by atoms with E-state index in [9.17, 15) is 0 Å². The summed E-state index contributed by atoms with van der Waals surface area (Å²) in [7, 11) is 4.03. The van der Waals surface area contributed by atoms with Gasteiger partial charge in [-0.2, -0.15) is 0 Å². The van der Waals surface area contributed by atoms with Crippen LogP contribution in [0.3, 0.4) is 0 Å². The maximum Gasteiger partial charge on any atom is 0.0576 e. The summed E-state index contributed by atoms with van der Waals surface area (Å²) in [5.41, 5.74) is 3.56. The Labute approximate surface area is 96.1 Å². The molecule has 0 bridgehead atoms. The molecule has 0 atom stereocenters. The molecule has 3 nitrogen and oxygen atoms in total. The first-order valence-electron chi connectivity index (χ1n) is 5.41. The number of hydrogen-bond donors (Lipinski definition) is 2. The van der Waals surface area contributed by atoms with Crippen LogP contribution in [0.15, 0.2) is 42.6 Å². The van der Waals surface area contributed by atoms with Crippen molar-refractivity contribution in [3.8, 4) is 0 Å². The molecule has 0 unspecified atom stereocenters. The molecule has 3 heteroatoms. The molecule has 0 spiro atoms. The van der Waals surface area contributed by atoms with Crippen LogP contribution in [0, 0.1) is 0 Å². The summed E-state index contributed by atoms with van der Waals surface area (Å²) in [6, 6.07) is 12.5. The van der Waals surface area contributed by atoms with Crippen molar-refractivity contribution in [3.63, 3.8) is 0 Å². The Morgan fingerprint density at radius 2 is 2.12 bits per heavy atom. The highest BCUT2D eigenvalue weighted by Crippen LogP contribution is 2.19. The third kappa shape index (κ3) is 2.37. The maximum atomic E-state index is 3.21. The Morgan fingerprint density at radius 3 is 2.81 bits per heavy atom. The van der Waals surface area contributed by atoms with Gasteiger partial charge in [-0.15, -0.1) is 0 Å². The van der Waals surface area contributed by atoms with Gasteiger partial charge >= 0.3 is 0 Å². The van der Waals surface area contributed by atoms with Gasteiger partial charge in [-0.25, -0.2) is 0 Å². The van der Waals surface area contributed by atoms with E-state index in [2.05, 4.69) is 52.6 Å². The molecule has 0 aliphatic heterocycles. The van der Waals surface area contributed by atoms with E-state index in [0.29, 0.717) is 0 Å². The zero-order valence-corrected chi connectivity index (χ0v) is 9.70. The van der Waals surface area contributed by atoms with Crippen molar-refractivity contribution in [2.45, 2.75) is 6.54 Å².